The predicted molar refractivity (Wildman–Crippen MR) is 77.5 cm³/mol. The van der Waals surface area contributed by atoms with Gasteiger partial charge in [-0.05, 0) is 28.0 Å². The van der Waals surface area contributed by atoms with Crippen LogP contribution in [0, 0.1) is 0 Å². The van der Waals surface area contributed by atoms with Crippen molar-refractivity contribution in [3.8, 4) is 0 Å². The van der Waals surface area contributed by atoms with Crippen molar-refractivity contribution >= 4 is 17.1 Å². The van der Waals surface area contributed by atoms with E-state index in [2.05, 4.69) is 45.0 Å². The fraction of sp³-hybridized carbons (Fsp3) is 0.312. The Bertz CT molecular complexity index is 515. The lowest BCUT2D eigenvalue weighted by Gasteiger charge is -2.19. The molecule has 2 aromatic rings. The molecule has 1 aromatic heterocycles. The number of carbonyl (C=O) groups is 1. The Morgan fingerprint density at radius 1 is 1.11 bits per heavy atom. The number of ketones is 1. The third-order valence-electron chi connectivity index (χ3n) is 3.03. The summed E-state index contributed by atoms with van der Waals surface area (Å²) < 4.78 is 0. The van der Waals surface area contributed by atoms with E-state index in [9.17, 15) is 4.79 Å². The van der Waals surface area contributed by atoms with Gasteiger partial charge >= 0.3 is 0 Å². The molecule has 0 atom stereocenters. The Morgan fingerprint density at radius 2 is 1.78 bits per heavy atom. The summed E-state index contributed by atoms with van der Waals surface area (Å²) in [6, 6.07) is 10.2. The minimum atomic E-state index is 0.163. The summed E-state index contributed by atoms with van der Waals surface area (Å²) in [6.07, 6.45) is 0.487. The van der Waals surface area contributed by atoms with Gasteiger partial charge in [0.25, 0.3) is 0 Å². The van der Waals surface area contributed by atoms with E-state index < -0.39 is 0 Å². The van der Waals surface area contributed by atoms with Crippen molar-refractivity contribution in [2.45, 2.75) is 32.6 Å². The van der Waals surface area contributed by atoms with E-state index in [0.717, 1.165) is 11.1 Å². The van der Waals surface area contributed by atoms with Gasteiger partial charge in [-0.2, -0.15) is 11.3 Å². The topological polar surface area (TPSA) is 17.1 Å². The summed E-state index contributed by atoms with van der Waals surface area (Å²) in [5, 5.41) is 3.85. The van der Waals surface area contributed by atoms with Crippen LogP contribution in [0.4, 0.5) is 0 Å². The van der Waals surface area contributed by atoms with E-state index >= 15 is 0 Å². The van der Waals surface area contributed by atoms with E-state index in [4.69, 9.17) is 0 Å². The molecule has 0 aliphatic carbocycles. The zero-order valence-corrected chi connectivity index (χ0v) is 11.9. The van der Waals surface area contributed by atoms with Crippen LogP contribution < -0.4 is 0 Å². The maximum absolute atomic E-state index is 12.0. The van der Waals surface area contributed by atoms with Crippen molar-refractivity contribution in [2.24, 2.45) is 0 Å². The maximum atomic E-state index is 12.0. The monoisotopic (exact) mass is 258 g/mol. The molecule has 2 heteroatoms. The zero-order chi connectivity index (χ0) is 13.2. The van der Waals surface area contributed by atoms with Crippen LogP contribution in [0.25, 0.3) is 0 Å². The van der Waals surface area contributed by atoms with Gasteiger partial charge in [-0.1, -0.05) is 45.0 Å². The van der Waals surface area contributed by atoms with Gasteiger partial charge in [-0.3, -0.25) is 4.79 Å². The SMILES string of the molecule is CC(C)(C)c1ccc(CC(=O)c2ccsc2)cc1. The van der Waals surface area contributed by atoms with Crippen LogP contribution in [-0.2, 0) is 11.8 Å². The molecule has 94 valence electrons. The molecule has 0 saturated carbocycles. The normalized spacial score (nSPS) is 11.5. The standard InChI is InChI=1S/C16H18OS/c1-16(2,3)14-6-4-12(5-7-14)10-15(17)13-8-9-18-11-13/h4-9,11H,10H2,1-3H3. The lowest BCUT2D eigenvalue weighted by Crippen LogP contribution is -2.11. The van der Waals surface area contributed by atoms with E-state index in [1.54, 1.807) is 11.3 Å². The quantitative estimate of drug-likeness (QED) is 0.742. The molecule has 0 amide bonds. The van der Waals surface area contributed by atoms with E-state index in [1.165, 1.54) is 5.56 Å². The molecule has 18 heavy (non-hydrogen) atoms. The van der Waals surface area contributed by atoms with Gasteiger partial charge in [0, 0.05) is 17.4 Å². The average molecular weight is 258 g/mol. The Kier molecular flexibility index (Phi) is 3.67. The molecule has 0 unspecified atom stereocenters. The molecule has 0 aliphatic rings. The fourth-order valence-electron chi connectivity index (χ4n) is 1.83. The van der Waals surface area contributed by atoms with Gasteiger partial charge in [-0.25, -0.2) is 0 Å². The second kappa shape index (κ2) is 5.07. The van der Waals surface area contributed by atoms with Crippen LogP contribution in [0.15, 0.2) is 41.1 Å². The van der Waals surface area contributed by atoms with Gasteiger partial charge in [0.05, 0.1) is 0 Å². The molecular formula is C16H18OS. The molecule has 1 aromatic carbocycles. The van der Waals surface area contributed by atoms with Crippen LogP contribution in [0.5, 0.6) is 0 Å². The molecule has 2 rings (SSSR count). The summed E-state index contributed by atoms with van der Waals surface area (Å²) in [5.41, 5.74) is 3.36. The average Bonchev–Trinajstić information content (AvgIpc) is 2.82. The molecule has 0 bridgehead atoms. The Balaban J connectivity index is 2.09. The van der Waals surface area contributed by atoms with Crippen molar-refractivity contribution < 1.29 is 4.79 Å². The molecule has 0 aliphatic heterocycles. The number of Topliss-reactive ketones (excluding diaryl/α,β-unsaturated/α-hetero) is 1. The molecule has 1 heterocycles. The van der Waals surface area contributed by atoms with Gasteiger partial charge in [0.15, 0.2) is 5.78 Å². The lowest BCUT2D eigenvalue weighted by atomic mass is 9.86. The van der Waals surface area contributed by atoms with Crippen LogP contribution >= 0.6 is 11.3 Å². The third-order valence-corrected chi connectivity index (χ3v) is 3.71. The smallest absolute Gasteiger partial charge is 0.168 e. The van der Waals surface area contributed by atoms with Crippen molar-refractivity contribution in [1.82, 2.24) is 0 Å². The number of rotatable bonds is 3. The van der Waals surface area contributed by atoms with Gasteiger partial charge in [0.1, 0.15) is 0 Å². The summed E-state index contributed by atoms with van der Waals surface area (Å²) in [7, 11) is 0. The molecule has 1 nitrogen and oxygen atoms in total. The van der Waals surface area contributed by atoms with Gasteiger partial charge in [0.2, 0.25) is 0 Å². The minimum absolute atomic E-state index is 0.163. The highest BCUT2D eigenvalue weighted by Gasteiger charge is 2.13. The second-order valence-corrected chi connectivity index (χ2v) is 6.34. The van der Waals surface area contributed by atoms with Gasteiger partial charge in [-0.15, -0.1) is 0 Å². The first-order valence-corrected chi connectivity index (χ1v) is 7.06. The highest BCUT2D eigenvalue weighted by molar-refractivity contribution is 7.08. The predicted octanol–water partition coefficient (Wildman–Crippen LogP) is 4.47. The van der Waals surface area contributed by atoms with E-state index in [1.807, 2.05) is 16.8 Å². The molecule has 0 fully saturated rings. The van der Waals surface area contributed by atoms with Crippen molar-refractivity contribution in [3.63, 3.8) is 0 Å². The first kappa shape index (κ1) is 13.0. The van der Waals surface area contributed by atoms with E-state index in [-0.39, 0.29) is 11.2 Å². The molecule has 0 spiro atoms. The Hall–Kier alpha value is -1.41. The molecule has 0 saturated heterocycles. The van der Waals surface area contributed by atoms with Crippen molar-refractivity contribution in [1.29, 1.82) is 0 Å². The summed E-state index contributed by atoms with van der Waals surface area (Å²) >= 11 is 1.56. The highest BCUT2D eigenvalue weighted by Crippen LogP contribution is 2.22. The summed E-state index contributed by atoms with van der Waals surface area (Å²) in [6.45, 7) is 6.58. The molecule has 0 N–H and O–H groups in total. The summed E-state index contributed by atoms with van der Waals surface area (Å²) in [4.78, 5) is 12.0. The number of hydrogen-bond donors (Lipinski definition) is 0. The fourth-order valence-corrected chi connectivity index (χ4v) is 2.49. The molecule has 0 radical (unpaired) electrons. The number of benzene rings is 1. The first-order chi connectivity index (χ1) is 8.47. The number of carbonyl (C=O) groups excluding carboxylic acids is 1. The first-order valence-electron chi connectivity index (χ1n) is 6.11. The molecular weight excluding hydrogens is 240 g/mol. The zero-order valence-electron chi connectivity index (χ0n) is 11.1. The van der Waals surface area contributed by atoms with Crippen LogP contribution in [0.1, 0.15) is 42.3 Å². The minimum Gasteiger partial charge on any atom is -0.294 e. The van der Waals surface area contributed by atoms with Crippen molar-refractivity contribution in [2.75, 3.05) is 0 Å². The number of hydrogen-bond acceptors (Lipinski definition) is 2. The van der Waals surface area contributed by atoms with Crippen LogP contribution in [-0.4, -0.2) is 5.78 Å². The van der Waals surface area contributed by atoms with Gasteiger partial charge < -0.3 is 0 Å². The van der Waals surface area contributed by atoms with Crippen LogP contribution in [0.3, 0.4) is 0 Å². The summed E-state index contributed by atoms with van der Waals surface area (Å²) in [5.74, 6) is 0.194. The Labute approximate surface area is 112 Å². The highest BCUT2D eigenvalue weighted by atomic mass is 32.1. The number of thiophene rings is 1. The lowest BCUT2D eigenvalue weighted by molar-refractivity contribution is 0.0993. The van der Waals surface area contributed by atoms with Crippen molar-refractivity contribution in [3.05, 3.63) is 57.8 Å². The second-order valence-electron chi connectivity index (χ2n) is 5.56. The third kappa shape index (κ3) is 3.08. The van der Waals surface area contributed by atoms with E-state index in [0.29, 0.717) is 6.42 Å². The largest absolute Gasteiger partial charge is 0.294 e. The maximum Gasteiger partial charge on any atom is 0.168 e. The Morgan fingerprint density at radius 3 is 2.28 bits per heavy atom. The van der Waals surface area contributed by atoms with Crippen LogP contribution in [0.2, 0.25) is 0 Å².